The van der Waals surface area contributed by atoms with Gasteiger partial charge in [0, 0.05) is 6.42 Å². The first-order valence-corrected chi connectivity index (χ1v) is 8.54. The number of allylic oxidation sites excluding steroid dienone is 2. The maximum Gasteiger partial charge on any atom is 0.311 e. The topological polar surface area (TPSA) is 35.5 Å². The minimum Gasteiger partial charge on any atom is -0.497 e. The van der Waals surface area contributed by atoms with Crippen LogP contribution in [0, 0.1) is 6.92 Å². The highest BCUT2D eigenvalue weighted by molar-refractivity contribution is 5.73. The molecule has 0 unspecified atom stereocenters. The summed E-state index contributed by atoms with van der Waals surface area (Å²) in [6, 6.07) is 13.7. The van der Waals surface area contributed by atoms with Crippen LogP contribution in [-0.4, -0.2) is 13.1 Å². The van der Waals surface area contributed by atoms with E-state index in [1.54, 1.807) is 7.11 Å². The van der Waals surface area contributed by atoms with Crippen LogP contribution in [0.4, 0.5) is 0 Å². The Bertz CT molecular complexity index is 738. The maximum atomic E-state index is 12.2. The van der Waals surface area contributed by atoms with Crippen LogP contribution >= 0.6 is 0 Å². The van der Waals surface area contributed by atoms with Gasteiger partial charge in [0.05, 0.1) is 7.11 Å². The molecular formula is C22H26O3. The average molecular weight is 338 g/mol. The zero-order valence-corrected chi connectivity index (χ0v) is 15.5. The van der Waals surface area contributed by atoms with Crippen LogP contribution in [0.3, 0.4) is 0 Å². The number of hydrogen-bond acceptors (Lipinski definition) is 3. The number of rotatable bonds is 7. The molecule has 25 heavy (non-hydrogen) atoms. The second-order valence-corrected chi connectivity index (χ2v) is 6.42. The number of carbonyl (C=O) groups excluding carboxylic acids is 1. The SMILES string of the molecule is COc1ccc(CCC(=O)Oc2ccc(C)cc2CC=C(C)C)cc1. The van der Waals surface area contributed by atoms with Crippen molar-refractivity contribution in [3.63, 3.8) is 0 Å². The van der Waals surface area contributed by atoms with E-state index in [0.29, 0.717) is 18.6 Å². The average Bonchev–Trinajstić information content (AvgIpc) is 2.60. The monoisotopic (exact) mass is 338 g/mol. The van der Waals surface area contributed by atoms with Crippen LogP contribution in [0.25, 0.3) is 0 Å². The number of benzene rings is 2. The van der Waals surface area contributed by atoms with Crippen molar-refractivity contribution in [1.82, 2.24) is 0 Å². The zero-order valence-electron chi connectivity index (χ0n) is 15.5. The Kier molecular flexibility index (Phi) is 6.81. The first kappa shape index (κ1) is 18.8. The second-order valence-electron chi connectivity index (χ2n) is 6.42. The van der Waals surface area contributed by atoms with Gasteiger partial charge in [-0.2, -0.15) is 0 Å². The first-order valence-electron chi connectivity index (χ1n) is 8.54. The van der Waals surface area contributed by atoms with Crippen molar-refractivity contribution in [2.45, 2.75) is 40.0 Å². The number of methoxy groups -OCH3 is 1. The Hall–Kier alpha value is -2.55. The minimum atomic E-state index is -0.210. The Labute approximate surface area is 150 Å². The molecule has 132 valence electrons. The van der Waals surface area contributed by atoms with Gasteiger partial charge in [-0.15, -0.1) is 0 Å². The number of ether oxygens (including phenoxy) is 2. The fourth-order valence-corrected chi connectivity index (χ4v) is 2.49. The molecule has 0 amide bonds. The molecule has 3 nitrogen and oxygen atoms in total. The predicted molar refractivity (Wildman–Crippen MR) is 101 cm³/mol. The summed E-state index contributed by atoms with van der Waals surface area (Å²) in [5.74, 6) is 1.26. The van der Waals surface area contributed by atoms with Gasteiger partial charge in [0.2, 0.25) is 0 Å². The van der Waals surface area contributed by atoms with Crippen LogP contribution in [0.2, 0.25) is 0 Å². The van der Waals surface area contributed by atoms with Gasteiger partial charge in [-0.3, -0.25) is 4.79 Å². The molecule has 0 N–H and O–H groups in total. The summed E-state index contributed by atoms with van der Waals surface area (Å²) in [6.07, 6.45) is 3.91. The lowest BCUT2D eigenvalue weighted by Gasteiger charge is -2.10. The number of carbonyl (C=O) groups is 1. The van der Waals surface area contributed by atoms with Crippen molar-refractivity contribution >= 4 is 5.97 Å². The standard InChI is InChI=1S/C22H26O3/c1-16(2)5-10-19-15-17(3)6-13-21(19)25-22(23)14-9-18-7-11-20(24-4)12-8-18/h5-8,11-13,15H,9-10,14H2,1-4H3. The van der Waals surface area contributed by atoms with E-state index in [1.165, 1.54) is 5.57 Å². The van der Waals surface area contributed by atoms with Crippen molar-refractivity contribution in [2.75, 3.05) is 7.11 Å². The molecule has 2 aromatic rings. The third kappa shape index (κ3) is 6.11. The normalized spacial score (nSPS) is 10.2. The Morgan fingerprint density at radius 2 is 1.80 bits per heavy atom. The van der Waals surface area contributed by atoms with Gasteiger partial charge in [-0.25, -0.2) is 0 Å². The molecule has 0 aliphatic rings. The summed E-state index contributed by atoms with van der Waals surface area (Å²) >= 11 is 0. The van der Waals surface area contributed by atoms with Crippen molar-refractivity contribution in [2.24, 2.45) is 0 Å². The quantitative estimate of drug-likeness (QED) is 0.402. The molecule has 2 rings (SSSR count). The molecule has 0 saturated heterocycles. The predicted octanol–water partition coefficient (Wildman–Crippen LogP) is 5.05. The van der Waals surface area contributed by atoms with Crippen LogP contribution in [-0.2, 0) is 17.6 Å². The van der Waals surface area contributed by atoms with E-state index >= 15 is 0 Å². The van der Waals surface area contributed by atoms with Gasteiger partial charge < -0.3 is 9.47 Å². The number of aryl methyl sites for hydroxylation is 2. The summed E-state index contributed by atoms with van der Waals surface area (Å²) in [5.41, 5.74) is 4.54. The smallest absolute Gasteiger partial charge is 0.311 e. The van der Waals surface area contributed by atoms with Gasteiger partial charge in [0.15, 0.2) is 0 Å². The fourth-order valence-electron chi connectivity index (χ4n) is 2.49. The third-order valence-electron chi connectivity index (χ3n) is 3.95. The van der Waals surface area contributed by atoms with Gasteiger partial charge in [-0.05, 0) is 62.9 Å². The molecule has 0 aromatic heterocycles. The molecule has 0 fully saturated rings. The summed E-state index contributed by atoms with van der Waals surface area (Å²) < 4.78 is 10.7. The molecule has 0 aliphatic heterocycles. The van der Waals surface area contributed by atoms with Gasteiger partial charge in [0.25, 0.3) is 0 Å². The Balaban J connectivity index is 1.98. The molecule has 2 aromatic carbocycles. The molecule has 0 heterocycles. The summed E-state index contributed by atoms with van der Waals surface area (Å²) in [5, 5.41) is 0. The van der Waals surface area contributed by atoms with Crippen LogP contribution in [0.1, 0.15) is 37.0 Å². The molecule has 0 aliphatic carbocycles. The van der Waals surface area contributed by atoms with E-state index in [4.69, 9.17) is 9.47 Å². The van der Waals surface area contributed by atoms with Crippen molar-refractivity contribution < 1.29 is 14.3 Å². The first-order chi connectivity index (χ1) is 12.0. The van der Waals surface area contributed by atoms with Crippen LogP contribution in [0.5, 0.6) is 11.5 Å². The van der Waals surface area contributed by atoms with Crippen LogP contribution < -0.4 is 9.47 Å². The van der Waals surface area contributed by atoms with E-state index in [2.05, 4.69) is 26.0 Å². The largest absolute Gasteiger partial charge is 0.497 e. The second kappa shape index (κ2) is 9.07. The molecule has 0 spiro atoms. The number of hydrogen-bond donors (Lipinski definition) is 0. The summed E-state index contributed by atoms with van der Waals surface area (Å²) in [6.45, 7) is 6.17. The van der Waals surface area contributed by atoms with Crippen molar-refractivity contribution in [3.05, 3.63) is 70.8 Å². The highest BCUT2D eigenvalue weighted by Gasteiger charge is 2.10. The molecule has 3 heteroatoms. The Morgan fingerprint density at radius 1 is 1.08 bits per heavy atom. The highest BCUT2D eigenvalue weighted by Crippen LogP contribution is 2.22. The highest BCUT2D eigenvalue weighted by atomic mass is 16.5. The molecule has 0 radical (unpaired) electrons. The van der Waals surface area contributed by atoms with E-state index in [1.807, 2.05) is 43.3 Å². The van der Waals surface area contributed by atoms with E-state index < -0.39 is 0 Å². The number of esters is 1. The lowest BCUT2D eigenvalue weighted by molar-refractivity contribution is -0.134. The van der Waals surface area contributed by atoms with Crippen LogP contribution in [0.15, 0.2) is 54.1 Å². The summed E-state index contributed by atoms with van der Waals surface area (Å²) in [4.78, 5) is 12.2. The van der Waals surface area contributed by atoms with Gasteiger partial charge in [0.1, 0.15) is 11.5 Å². The Morgan fingerprint density at radius 3 is 2.44 bits per heavy atom. The van der Waals surface area contributed by atoms with E-state index in [-0.39, 0.29) is 5.97 Å². The molecule has 0 saturated carbocycles. The molecule has 0 atom stereocenters. The lowest BCUT2D eigenvalue weighted by Crippen LogP contribution is -2.10. The molecular weight excluding hydrogens is 312 g/mol. The minimum absolute atomic E-state index is 0.210. The van der Waals surface area contributed by atoms with Gasteiger partial charge in [-0.1, -0.05) is 41.5 Å². The van der Waals surface area contributed by atoms with Gasteiger partial charge >= 0.3 is 5.97 Å². The fraction of sp³-hybridized carbons (Fsp3) is 0.318. The third-order valence-corrected chi connectivity index (χ3v) is 3.95. The summed E-state index contributed by atoms with van der Waals surface area (Å²) in [7, 11) is 1.64. The van der Waals surface area contributed by atoms with Crippen molar-refractivity contribution in [1.29, 1.82) is 0 Å². The lowest BCUT2D eigenvalue weighted by atomic mass is 10.1. The maximum absolute atomic E-state index is 12.2. The van der Waals surface area contributed by atoms with Crippen molar-refractivity contribution in [3.8, 4) is 11.5 Å². The van der Waals surface area contributed by atoms with E-state index in [9.17, 15) is 4.79 Å². The molecule has 0 bridgehead atoms. The van der Waals surface area contributed by atoms with E-state index in [0.717, 1.165) is 28.9 Å². The zero-order chi connectivity index (χ0) is 18.2.